The standard InChI is InChI=1S/C15H12BrClN2O2/c1-9-7-12(5-6-13(9)16)19-15(21)14(20)18-11-4-2-3-10(17)8-11/h2-8H,1H3,(H,18,20)(H,19,21). The van der Waals surface area contributed by atoms with Gasteiger partial charge in [0, 0.05) is 20.9 Å². The second-order valence-electron chi connectivity index (χ2n) is 4.38. The molecule has 2 amide bonds. The van der Waals surface area contributed by atoms with E-state index >= 15 is 0 Å². The molecule has 0 fully saturated rings. The molecule has 108 valence electrons. The summed E-state index contributed by atoms with van der Waals surface area (Å²) < 4.78 is 0.934. The Bertz CT molecular complexity index is 704. The number of aryl methyl sites for hydroxylation is 1. The molecule has 2 aromatic rings. The summed E-state index contributed by atoms with van der Waals surface area (Å²) >= 11 is 9.18. The summed E-state index contributed by atoms with van der Waals surface area (Å²) in [7, 11) is 0. The number of rotatable bonds is 2. The van der Waals surface area contributed by atoms with Crippen LogP contribution < -0.4 is 10.6 Å². The predicted octanol–water partition coefficient (Wildman–Crippen LogP) is 3.99. The maximum Gasteiger partial charge on any atom is 0.314 e. The van der Waals surface area contributed by atoms with Crippen molar-refractivity contribution < 1.29 is 9.59 Å². The van der Waals surface area contributed by atoms with Gasteiger partial charge in [0.1, 0.15) is 0 Å². The average Bonchev–Trinajstić information content (AvgIpc) is 2.43. The van der Waals surface area contributed by atoms with Crippen LogP contribution in [-0.4, -0.2) is 11.8 Å². The summed E-state index contributed by atoms with van der Waals surface area (Å²) in [5, 5.41) is 5.51. The van der Waals surface area contributed by atoms with Gasteiger partial charge in [0.25, 0.3) is 0 Å². The minimum atomic E-state index is -0.752. The molecular weight excluding hydrogens is 356 g/mol. The van der Waals surface area contributed by atoms with Gasteiger partial charge >= 0.3 is 11.8 Å². The maximum atomic E-state index is 11.8. The summed E-state index contributed by atoms with van der Waals surface area (Å²) in [6.07, 6.45) is 0. The number of nitrogens with one attached hydrogen (secondary N) is 2. The van der Waals surface area contributed by atoms with Crippen LogP contribution in [-0.2, 0) is 9.59 Å². The van der Waals surface area contributed by atoms with Gasteiger partial charge in [-0.25, -0.2) is 0 Å². The molecule has 4 nitrogen and oxygen atoms in total. The first-order chi connectivity index (χ1) is 9.95. The largest absolute Gasteiger partial charge is 0.318 e. The van der Waals surface area contributed by atoms with Crippen molar-refractivity contribution >= 4 is 50.7 Å². The molecule has 0 atom stereocenters. The molecule has 0 radical (unpaired) electrons. The number of anilines is 2. The smallest absolute Gasteiger partial charge is 0.314 e. The van der Waals surface area contributed by atoms with Gasteiger partial charge in [-0.2, -0.15) is 0 Å². The first kappa shape index (κ1) is 15.5. The molecule has 0 aliphatic carbocycles. The highest BCUT2D eigenvalue weighted by Gasteiger charge is 2.14. The zero-order valence-electron chi connectivity index (χ0n) is 11.1. The lowest BCUT2D eigenvalue weighted by atomic mass is 10.2. The van der Waals surface area contributed by atoms with Crippen molar-refractivity contribution in [2.24, 2.45) is 0 Å². The fraction of sp³-hybridized carbons (Fsp3) is 0.0667. The Morgan fingerprint density at radius 2 is 1.62 bits per heavy atom. The van der Waals surface area contributed by atoms with Gasteiger partial charge < -0.3 is 10.6 Å². The third-order valence-corrected chi connectivity index (χ3v) is 3.83. The number of hydrogen-bond acceptors (Lipinski definition) is 2. The van der Waals surface area contributed by atoms with Gasteiger partial charge in [0.2, 0.25) is 0 Å². The molecule has 0 bridgehead atoms. The zero-order chi connectivity index (χ0) is 15.4. The van der Waals surface area contributed by atoms with Gasteiger partial charge in [0.05, 0.1) is 0 Å². The Morgan fingerprint density at radius 3 is 2.19 bits per heavy atom. The Kier molecular flexibility index (Phi) is 4.98. The average molecular weight is 368 g/mol. The highest BCUT2D eigenvalue weighted by atomic mass is 79.9. The molecule has 0 spiro atoms. The molecule has 0 heterocycles. The Labute approximate surface area is 135 Å². The molecule has 2 N–H and O–H groups in total. The molecule has 2 rings (SSSR count). The lowest BCUT2D eigenvalue weighted by molar-refractivity contribution is -0.132. The molecule has 6 heteroatoms. The van der Waals surface area contributed by atoms with Crippen LogP contribution in [0.5, 0.6) is 0 Å². The fourth-order valence-electron chi connectivity index (χ4n) is 1.66. The maximum absolute atomic E-state index is 11.8. The van der Waals surface area contributed by atoms with E-state index in [4.69, 9.17) is 11.6 Å². The van der Waals surface area contributed by atoms with Crippen LogP contribution in [0.15, 0.2) is 46.9 Å². The van der Waals surface area contributed by atoms with Crippen LogP contribution in [0, 0.1) is 6.92 Å². The molecule has 0 aromatic heterocycles. The minimum Gasteiger partial charge on any atom is -0.318 e. The van der Waals surface area contributed by atoms with Crippen LogP contribution in [0.1, 0.15) is 5.56 Å². The number of amides is 2. The van der Waals surface area contributed by atoms with E-state index in [9.17, 15) is 9.59 Å². The first-order valence-electron chi connectivity index (χ1n) is 6.10. The normalized spacial score (nSPS) is 10.0. The van der Waals surface area contributed by atoms with Crippen LogP contribution >= 0.6 is 27.5 Å². The molecule has 0 aliphatic heterocycles. The van der Waals surface area contributed by atoms with Gasteiger partial charge in [-0.15, -0.1) is 0 Å². The van der Waals surface area contributed by atoms with E-state index in [0.717, 1.165) is 10.0 Å². The Morgan fingerprint density at radius 1 is 1.00 bits per heavy atom. The van der Waals surface area contributed by atoms with Crippen molar-refractivity contribution in [3.05, 3.63) is 57.5 Å². The number of hydrogen-bond donors (Lipinski definition) is 2. The van der Waals surface area contributed by atoms with E-state index in [0.29, 0.717) is 16.4 Å². The number of carbonyl (C=O) groups is 2. The number of carbonyl (C=O) groups excluding carboxylic acids is 2. The summed E-state index contributed by atoms with van der Waals surface area (Å²) in [5.41, 5.74) is 1.99. The van der Waals surface area contributed by atoms with E-state index in [2.05, 4.69) is 26.6 Å². The third-order valence-electron chi connectivity index (χ3n) is 2.70. The van der Waals surface area contributed by atoms with Gasteiger partial charge in [-0.1, -0.05) is 33.6 Å². The summed E-state index contributed by atoms with van der Waals surface area (Å²) in [6, 6.07) is 11.9. The van der Waals surface area contributed by atoms with Crippen molar-refractivity contribution in [3.8, 4) is 0 Å². The van der Waals surface area contributed by atoms with Crippen LogP contribution in [0.2, 0.25) is 5.02 Å². The van der Waals surface area contributed by atoms with Crippen molar-refractivity contribution in [2.75, 3.05) is 10.6 Å². The third kappa shape index (κ3) is 4.31. The van der Waals surface area contributed by atoms with Crippen molar-refractivity contribution in [1.82, 2.24) is 0 Å². The van der Waals surface area contributed by atoms with Crippen LogP contribution in [0.3, 0.4) is 0 Å². The van der Waals surface area contributed by atoms with E-state index < -0.39 is 11.8 Å². The molecule has 0 saturated heterocycles. The summed E-state index contributed by atoms with van der Waals surface area (Å²) in [6.45, 7) is 1.89. The van der Waals surface area contributed by atoms with Gasteiger partial charge in [-0.05, 0) is 48.9 Å². The molecule has 2 aromatic carbocycles. The van der Waals surface area contributed by atoms with E-state index in [1.807, 2.05) is 6.92 Å². The SMILES string of the molecule is Cc1cc(NC(=O)C(=O)Nc2cccc(Cl)c2)ccc1Br. The van der Waals surface area contributed by atoms with Crippen molar-refractivity contribution in [2.45, 2.75) is 6.92 Å². The molecule has 0 aliphatic rings. The monoisotopic (exact) mass is 366 g/mol. The fourth-order valence-corrected chi connectivity index (χ4v) is 2.10. The van der Waals surface area contributed by atoms with E-state index in [-0.39, 0.29) is 0 Å². The summed E-state index contributed by atoms with van der Waals surface area (Å²) in [5.74, 6) is -1.49. The molecule has 0 saturated carbocycles. The van der Waals surface area contributed by atoms with Gasteiger partial charge in [-0.3, -0.25) is 9.59 Å². The van der Waals surface area contributed by atoms with E-state index in [1.54, 1.807) is 42.5 Å². The Hall–Kier alpha value is -1.85. The quantitative estimate of drug-likeness (QED) is 0.789. The second kappa shape index (κ2) is 6.74. The molecule has 0 unspecified atom stereocenters. The van der Waals surface area contributed by atoms with Crippen molar-refractivity contribution in [1.29, 1.82) is 0 Å². The van der Waals surface area contributed by atoms with Gasteiger partial charge in [0.15, 0.2) is 0 Å². The highest BCUT2D eigenvalue weighted by Crippen LogP contribution is 2.20. The van der Waals surface area contributed by atoms with E-state index in [1.165, 1.54) is 0 Å². The minimum absolute atomic E-state index is 0.467. The zero-order valence-corrected chi connectivity index (χ0v) is 13.5. The predicted molar refractivity (Wildman–Crippen MR) is 87.6 cm³/mol. The first-order valence-corrected chi connectivity index (χ1v) is 7.27. The topological polar surface area (TPSA) is 58.2 Å². The highest BCUT2D eigenvalue weighted by molar-refractivity contribution is 9.10. The van der Waals surface area contributed by atoms with Crippen LogP contribution in [0.4, 0.5) is 11.4 Å². The number of halogens is 2. The van der Waals surface area contributed by atoms with Crippen LogP contribution in [0.25, 0.3) is 0 Å². The number of benzene rings is 2. The van der Waals surface area contributed by atoms with Crippen molar-refractivity contribution in [3.63, 3.8) is 0 Å². The Balaban J connectivity index is 2.02. The lowest BCUT2D eigenvalue weighted by Gasteiger charge is -2.08. The summed E-state index contributed by atoms with van der Waals surface area (Å²) in [4.78, 5) is 23.6. The second-order valence-corrected chi connectivity index (χ2v) is 5.67. The molecular formula is C15H12BrClN2O2. The lowest BCUT2D eigenvalue weighted by Crippen LogP contribution is -2.29. The molecule has 21 heavy (non-hydrogen) atoms.